The highest BCUT2D eigenvalue weighted by molar-refractivity contribution is 7.89. The molecule has 0 spiro atoms. The number of hydrogen-bond donors (Lipinski definition) is 1. The standard InChI is InChI=1S/C12H20N2O4S/c1-13-8-12(6-10(13)9-15)19(16,17)14-5-3-4-11(7-14)18-2/h6,8,11,15H,3-5,7,9H2,1-2H3. The third-order valence-corrected chi connectivity index (χ3v) is 5.39. The third-order valence-electron chi connectivity index (χ3n) is 3.56. The molecule has 1 aliphatic rings. The normalized spacial score (nSPS) is 21.7. The Hall–Kier alpha value is -0.890. The molecule has 1 unspecified atom stereocenters. The average Bonchev–Trinajstić information content (AvgIpc) is 2.80. The van der Waals surface area contributed by atoms with Crippen LogP contribution in [0.4, 0.5) is 0 Å². The summed E-state index contributed by atoms with van der Waals surface area (Å²) in [6, 6.07) is 1.52. The van der Waals surface area contributed by atoms with Crippen molar-refractivity contribution < 1.29 is 18.3 Å². The first kappa shape index (κ1) is 14.5. The van der Waals surface area contributed by atoms with E-state index in [1.54, 1.807) is 18.7 Å². The number of piperidine rings is 1. The van der Waals surface area contributed by atoms with E-state index < -0.39 is 10.0 Å². The Morgan fingerprint density at radius 2 is 2.26 bits per heavy atom. The monoisotopic (exact) mass is 288 g/mol. The van der Waals surface area contributed by atoms with Gasteiger partial charge in [-0.3, -0.25) is 0 Å². The first-order chi connectivity index (χ1) is 8.98. The molecule has 1 fully saturated rings. The molecule has 0 aliphatic carbocycles. The summed E-state index contributed by atoms with van der Waals surface area (Å²) in [6.07, 6.45) is 3.19. The second kappa shape index (κ2) is 5.62. The van der Waals surface area contributed by atoms with Crippen LogP contribution in [0.25, 0.3) is 0 Å². The molecule has 1 aromatic rings. The molecular weight excluding hydrogens is 268 g/mol. The largest absolute Gasteiger partial charge is 0.390 e. The van der Waals surface area contributed by atoms with Gasteiger partial charge in [0.25, 0.3) is 0 Å². The van der Waals surface area contributed by atoms with Gasteiger partial charge in [0.05, 0.1) is 12.7 Å². The number of aryl methyl sites for hydroxylation is 1. The second-order valence-corrected chi connectivity index (χ2v) is 6.74. The summed E-state index contributed by atoms with van der Waals surface area (Å²) in [7, 11) is -0.170. The molecule has 7 heteroatoms. The van der Waals surface area contributed by atoms with E-state index in [1.807, 2.05) is 0 Å². The molecule has 1 saturated heterocycles. The molecule has 1 aromatic heterocycles. The molecule has 0 aromatic carbocycles. The molecule has 2 rings (SSSR count). The molecule has 0 amide bonds. The summed E-state index contributed by atoms with van der Waals surface area (Å²) >= 11 is 0. The molecule has 6 nitrogen and oxygen atoms in total. The summed E-state index contributed by atoms with van der Waals surface area (Å²) in [5, 5.41) is 9.14. The van der Waals surface area contributed by atoms with Crippen molar-refractivity contribution in [1.82, 2.24) is 8.87 Å². The van der Waals surface area contributed by atoms with E-state index in [4.69, 9.17) is 9.84 Å². The van der Waals surface area contributed by atoms with Crippen molar-refractivity contribution in [2.24, 2.45) is 7.05 Å². The molecule has 0 saturated carbocycles. The van der Waals surface area contributed by atoms with E-state index in [9.17, 15) is 8.42 Å². The molecule has 108 valence electrons. The van der Waals surface area contributed by atoms with E-state index in [1.165, 1.54) is 16.6 Å². The lowest BCUT2D eigenvalue weighted by molar-refractivity contribution is 0.0572. The Morgan fingerprint density at radius 3 is 2.84 bits per heavy atom. The topological polar surface area (TPSA) is 71.8 Å². The van der Waals surface area contributed by atoms with Crippen LogP contribution >= 0.6 is 0 Å². The summed E-state index contributed by atoms with van der Waals surface area (Å²) in [6.45, 7) is 0.737. The number of methoxy groups -OCH3 is 1. The van der Waals surface area contributed by atoms with Crippen molar-refractivity contribution in [3.8, 4) is 0 Å². The minimum atomic E-state index is -3.50. The quantitative estimate of drug-likeness (QED) is 0.866. The van der Waals surface area contributed by atoms with Crippen LogP contribution in [-0.4, -0.2) is 48.7 Å². The van der Waals surface area contributed by atoms with Gasteiger partial charge in [0.2, 0.25) is 10.0 Å². The Labute approximate surface area is 113 Å². The van der Waals surface area contributed by atoms with Gasteiger partial charge >= 0.3 is 0 Å². The Morgan fingerprint density at radius 1 is 1.53 bits per heavy atom. The number of nitrogens with zero attached hydrogens (tertiary/aromatic N) is 2. The lowest BCUT2D eigenvalue weighted by Gasteiger charge is -2.30. The molecule has 1 atom stereocenters. The highest BCUT2D eigenvalue weighted by Gasteiger charge is 2.31. The van der Waals surface area contributed by atoms with Crippen molar-refractivity contribution in [1.29, 1.82) is 0 Å². The van der Waals surface area contributed by atoms with Crippen molar-refractivity contribution in [3.05, 3.63) is 18.0 Å². The fourth-order valence-corrected chi connectivity index (χ4v) is 3.95. The molecule has 1 N–H and O–H groups in total. The Kier molecular flexibility index (Phi) is 4.29. The fourth-order valence-electron chi connectivity index (χ4n) is 2.34. The zero-order valence-electron chi connectivity index (χ0n) is 11.2. The minimum absolute atomic E-state index is 0.0375. The van der Waals surface area contributed by atoms with Gasteiger partial charge < -0.3 is 14.4 Å². The summed E-state index contributed by atoms with van der Waals surface area (Å²) in [4.78, 5) is 0.232. The Bertz CT molecular complexity index is 538. The zero-order valence-corrected chi connectivity index (χ0v) is 12.1. The molecule has 19 heavy (non-hydrogen) atoms. The van der Waals surface area contributed by atoms with Crippen molar-refractivity contribution in [3.63, 3.8) is 0 Å². The van der Waals surface area contributed by atoms with Crippen LogP contribution in [0.15, 0.2) is 17.2 Å². The number of ether oxygens (including phenoxy) is 1. The van der Waals surface area contributed by atoms with Crippen molar-refractivity contribution in [2.75, 3.05) is 20.2 Å². The fraction of sp³-hybridized carbons (Fsp3) is 0.667. The van der Waals surface area contributed by atoms with E-state index in [0.717, 1.165) is 12.8 Å². The van der Waals surface area contributed by atoms with Gasteiger partial charge in [-0.25, -0.2) is 8.42 Å². The van der Waals surface area contributed by atoms with Crippen molar-refractivity contribution >= 4 is 10.0 Å². The van der Waals surface area contributed by atoms with Crippen LogP contribution in [0.5, 0.6) is 0 Å². The molecule has 2 heterocycles. The van der Waals surface area contributed by atoms with Gasteiger partial charge in [-0.05, 0) is 18.9 Å². The van der Waals surface area contributed by atoms with Crippen LogP contribution in [0, 0.1) is 0 Å². The smallest absolute Gasteiger partial charge is 0.244 e. The van der Waals surface area contributed by atoms with E-state index in [2.05, 4.69) is 0 Å². The maximum Gasteiger partial charge on any atom is 0.244 e. The van der Waals surface area contributed by atoms with Crippen LogP contribution in [0.1, 0.15) is 18.5 Å². The molecule has 0 bridgehead atoms. The van der Waals surface area contributed by atoms with Crippen LogP contribution < -0.4 is 0 Å². The van der Waals surface area contributed by atoms with Crippen molar-refractivity contribution in [2.45, 2.75) is 30.4 Å². The average molecular weight is 288 g/mol. The molecular formula is C12H20N2O4S. The first-order valence-electron chi connectivity index (χ1n) is 6.28. The van der Waals surface area contributed by atoms with Gasteiger partial charge in [0, 0.05) is 39.1 Å². The molecule has 1 aliphatic heterocycles. The maximum atomic E-state index is 12.5. The van der Waals surface area contributed by atoms with Gasteiger partial charge in [0.1, 0.15) is 4.90 Å². The maximum absolute atomic E-state index is 12.5. The number of aliphatic hydroxyl groups is 1. The van der Waals surface area contributed by atoms with Gasteiger partial charge in [0.15, 0.2) is 0 Å². The summed E-state index contributed by atoms with van der Waals surface area (Å²) < 4.78 is 33.4. The predicted octanol–water partition coefficient (Wildman–Crippen LogP) is 0.317. The Balaban J connectivity index is 2.25. The summed E-state index contributed by atoms with van der Waals surface area (Å²) in [5.41, 5.74) is 0.582. The zero-order chi connectivity index (χ0) is 14.0. The van der Waals surface area contributed by atoms with Crippen LogP contribution in [0.3, 0.4) is 0 Å². The number of aliphatic hydroxyl groups excluding tert-OH is 1. The van der Waals surface area contributed by atoms with E-state index in [-0.39, 0.29) is 17.6 Å². The van der Waals surface area contributed by atoms with Crippen LogP contribution in [0.2, 0.25) is 0 Å². The predicted molar refractivity (Wildman–Crippen MR) is 70.1 cm³/mol. The first-order valence-corrected chi connectivity index (χ1v) is 7.72. The lowest BCUT2D eigenvalue weighted by atomic mass is 10.1. The number of hydrogen-bond acceptors (Lipinski definition) is 4. The van der Waals surface area contributed by atoms with Gasteiger partial charge in [-0.15, -0.1) is 0 Å². The number of aromatic nitrogens is 1. The number of sulfonamides is 1. The third kappa shape index (κ3) is 2.84. The summed E-state index contributed by atoms with van der Waals surface area (Å²) in [5.74, 6) is 0. The van der Waals surface area contributed by atoms with Crippen LogP contribution in [-0.2, 0) is 28.4 Å². The van der Waals surface area contributed by atoms with Gasteiger partial charge in [-0.2, -0.15) is 4.31 Å². The highest BCUT2D eigenvalue weighted by atomic mass is 32.2. The second-order valence-electron chi connectivity index (χ2n) is 4.80. The minimum Gasteiger partial charge on any atom is -0.390 e. The van der Waals surface area contributed by atoms with E-state index >= 15 is 0 Å². The highest BCUT2D eigenvalue weighted by Crippen LogP contribution is 2.23. The number of rotatable bonds is 4. The lowest BCUT2D eigenvalue weighted by Crippen LogP contribution is -2.42. The van der Waals surface area contributed by atoms with E-state index in [0.29, 0.717) is 18.8 Å². The molecule has 0 radical (unpaired) electrons. The SMILES string of the molecule is COC1CCCN(S(=O)(=O)c2cc(CO)n(C)c2)C1. The van der Waals surface area contributed by atoms with Gasteiger partial charge in [-0.1, -0.05) is 0 Å².